The summed E-state index contributed by atoms with van der Waals surface area (Å²) >= 11 is 0. The summed E-state index contributed by atoms with van der Waals surface area (Å²) in [5, 5.41) is 6.77. The average molecular weight is 308 g/mol. The molecule has 0 aromatic carbocycles. The topological polar surface area (TPSA) is 54.1 Å². The Bertz CT molecular complexity index is 359. The molecule has 0 aromatic rings. The number of nitrogens with one attached hydrogen (secondary N) is 2. The number of rotatable bonds is 2. The fourth-order valence-corrected chi connectivity index (χ4v) is 3.98. The van der Waals surface area contributed by atoms with Gasteiger partial charge in [0.05, 0.1) is 0 Å². The van der Waals surface area contributed by atoms with E-state index in [1.807, 2.05) is 9.80 Å². The van der Waals surface area contributed by atoms with Crippen LogP contribution in [0.4, 0.5) is 4.79 Å². The van der Waals surface area contributed by atoms with E-state index in [1.165, 1.54) is 0 Å². The average Bonchev–Trinajstić information content (AvgIpc) is 2.46. The molecule has 4 saturated heterocycles. The summed E-state index contributed by atoms with van der Waals surface area (Å²) in [5.74, 6) is 0. The van der Waals surface area contributed by atoms with Gasteiger partial charge in [0.15, 0.2) is 0 Å². The van der Waals surface area contributed by atoms with Gasteiger partial charge in [-0.2, -0.15) is 0 Å². The largest absolute Gasteiger partial charge is 0.321 e. The molecule has 2 amide bonds. The van der Waals surface area contributed by atoms with Gasteiger partial charge in [0.25, 0.3) is 0 Å². The number of urea groups is 1. The first-order valence-electron chi connectivity index (χ1n) is 8.74. The number of amides is 2. The van der Waals surface area contributed by atoms with Crippen LogP contribution in [0.3, 0.4) is 0 Å². The van der Waals surface area contributed by atoms with Crippen LogP contribution in [0.2, 0.25) is 0 Å². The molecule has 124 valence electrons. The van der Waals surface area contributed by atoms with Crippen molar-refractivity contribution in [3.8, 4) is 0 Å². The lowest BCUT2D eigenvalue weighted by Gasteiger charge is -2.52. The van der Waals surface area contributed by atoms with Crippen molar-refractivity contribution in [2.45, 2.75) is 12.1 Å². The predicted molar refractivity (Wildman–Crippen MR) is 85.0 cm³/mol. The number of carbonyl (C=O) groups is 1. The van der Waals surface area contributed by atoms with E-state index in [0.717, 1.165) is 78.5 Å². The lowest BCUT2D eigenvalue weighted by molar-refractivity contribution is 0.00349. The van der Waals surface area contributed by atoms with Crippen LogP contribution >= 0.6 is 0 Å². The number of nitrogens with zero attached hydrogens (tertiary/aromatic N) is 4. The van der Waals surface area contributed by atoms with Crippen molar-refractivity contribution >= 4 is 6.03 Å². The molecule has 4 aliphatic rings. The van der Waals surface area contributed by atoms with Crippen molar-refractivity contribution in [1.29, 1.82) is 0 Å². The molecule has 4 rings (SSSR count). The number of hydrogen-bond donors (Lipinski definition) is 2. The van der Waals surface area contributed by atoms with E-state index in [2.05, 4.69) is 20.4 Å². The van der Waals surface area contributed by atoms with Gasteiger partial charge in [-0.05, 0) is 0 Å². The molecule has 0 aliphatic carbocycles. The number of hydrogen-bond acceptors (Lipinski definition) is 5. The lowest BCUT2D eigenvalue weighted by Crippen LogP contribution is -2.70. The first-order chi connectivity index (χ1) is 10.8. The van der Waals surface area contributed by atoms with E-state index in [4.69, 9.17) is 0 Å². The summed E-state index contributed by atoms with van der Waals surface area (Å²) in [7, 11) is 0. The molecule has 22 heavy (non-hydrogen) atoms. The van der Waals surface area contributed by atoms with Gasteiger partial charge < -0.3 is 20.4 Å². The zero-order valence-corrected chi connectivity index (χ0v) is 13.3. The second-order valence-electron chi connectivity index (χ2n) is 6.97. The van der Waals surface area contributed by atoms with Crippen molar-refractivity contribution in [2.75, 3.05) is 78.5 Å². The van der Waals surface area contributed by atoms with E-state index < -0.39 is 0 Å². The van der Waals surface area contributed by atoms with Crippen molar-refractivity contribution in [1.82, 2.24) is 30.2 Å². The monoisotopic (exact) mass is 308 g/mol. The Kier molecular flexibility index (Phi) is 4.21. The molecule has 4 aliphatic heterocycles. The van der Waals surface area contributed by atoms with E-state index in [9.17, 15) is 4.79 Å². The summed E-state index contributed by atoms with van der Waals surface area (Å²) in [4.78, 5) is 21.6. The Morgan fingerprint density at radius 2 is 1.05 bits per heavy atom. The van der Waals surface area contributed by atoms with E-state index in [0.29, 0.717) is 12.1 Å². The molecule has 0 unspecified atom stereocenters. The van der Waals surface area contributed by atoms with E-state index in [-0.39, 0.29) is 6.03 Å². The Hall–Kier alpha value is -0.890. The van der Waals surface area contributed by atoms with Crippen LogP contribution in [0.25, 0.3) is 0 Å². The maximum absolute atomic E-state index is 12.5. The summed E-state index contributed by atoms with van der Waals surface area (Å²) in [6, 6.07) is 1.45. The van der Waals surface area contributed by atoms with Crippen LogP contribution in [0.1, 0.15) is 0 Å². The van der Waals surface area contributed by atoms with Crippen LogP contribution < -0.4 is 10.6 Å². The Morgan fingerprint density at radius 1 is 0.682 bits per heavy atom. The van der Waals surface area contributed by atoms with Crippen molar-refractivity contribution in [3.63, 3.8) is 0 Å². The number of carbonyl (C=O) groups excluding carboxylic acids is 1. The quantitative estimate of drug-likeness (QED) is 0.636. The molecule has 0 saturated carbocycles. The van der Waals surface area contributed by atoms with Gasteiger partial charge in [-0.25, -0.2) is 4.79 Å². The minimum Gasteiger partial charge on any atom is -0.321 e. The minimum absolute atomic E-state index is 0.262. The second kappa shape index (κ2) is 6.31. The van der Waals surface area contributed by atoms with Crippen molar-refractivity contribution in [3.05, 3.63) is 0 Å². The zero-order chi connectivity index (χ0) is 14.9. The highest BCUT2D eigenvalue weighted by molar-refractivity contribution is 5.76. The van der Waals surface area contributed by atoms with Gasteiger partial charge in [0, 0.05) is 90.6 Å². The normalized spacial score (nSPS) is 29.3. The molecule has 0 bridgehead atoms. The maximum atomic E-state index is 12.5. The maximum Gasteiger partial charge on any atom is 0.320 e. The Balaban J connectivity index is 1.18. The summed E-state index contributed by atoms with van der Waals surface area (Å²) < 4.78 is 0. The highest BCUT2D eigenvalue weighted by atomic mass is 16.2. The van der Waals surface area contributed by atoms with Crippen LogP contribution in [0.5, 0.6) is 0 Å². The van der Waals surface area contributed by atoms with Gasteiger partial charge >= 0.3 is 6.03 Å². The van der Waals surface area contributed by atoms with E-state index in [1.54, 1.807) is 0 Å². The lowest BCUT2D eigenvalue weighted by atomic mass is 10.0. The van der Waals surface area contributed by atoms with Gasteiger partial charge in [0.2, 0.25) is 0 Å². The van der Waals surface area contributed by atoms with Crippen LogP contribution in [0.15, 0.2) is 0 Å². The zero-order valence-electron chi connectivity index (χ0n) is 13.3. The van der Waals surface area contributed by atoms with Gasteiger partial charge in [0.1, 0.15) is 0 Å². The molecule has 4 heterocycles. The molecule has 0 atom stereocenters. The standard InChI is InChI=1S/C15H28N6O/c22-15(20-9-13(10-20)18-5-1-16-2-6-18)21-11-14(12-21)19-7-3-17-4-8-19/h13-14,16-17H,1-12H2. The first kappa shape index (κ1) is 14.7. The highest BCUT2D eigenvalue weighted by Gasteiger charge is 2.41. The number of piperazine rings is 2. The van der Waals surface area contributed by atoms with Gasteiger partial charge in [-0.3, -0.25) is 9.80 Å². The SMILES string of the molecule is O=C(N1CC(N2CCNCC2)C1)N1CC(N2CCNCC2)C1. The smallest absolute Gasteiger partial charge is 0.320 e. The molecular weight excluding hydrogens is 280 g/mol. The summed E-state index contributed by atoms with van der Waals surface area (Å²) in [5.41, 5.74) is 0. The third-order valence-electron chi connectivity index (χ3n) is 5.60. The second-order valence-corrected chi connectivity index (χ2v) is 6.97. The van der Waals surface area contributed by atoms with E-state index >= 15 is 0 Å². The molecule has 0 radical (unpaired) electrons. The fourth-order valence-electron chi connectivity index (χ4n) is 3.98. The minimum atomic E-state index is 0.262. The van der Waals surface area contributed by atoms with Crippen LogP contribution in [0, 0.1) is 0 Å². The molecule has 7 nitrogen and oxygen atoms in total. The first-order valence-corrected chi connectivity index (χ1v) is 8.74. The van der Waals surface area contributed by atoms with Crippen LogP contribution in [-0.4, -0.2) is 116 Å². The van der Waals surface area contributed by atoms with Crippen molar-refractivity contribution in [2.24, 2.45) is 0 Å². The predicted octanol–water partition coefficient (Wildman–Crippen LogP) is -1.71. The summed E-state index contributed by atoms with van der Waals surface area (Å²) in [6.07, 6.45) is 0. The third-order valence-corrected chi connectivity index (χ3v) is 5.60. The summed E-state index contributed by atoms with van der Waals surface area (Å²) in [6.45, 7) is 12.5. The molecule has 4 fully saturated rings. The highest BCUT2D eigenvalue weighted by Crippen LogP contribution is 2.22. The Labute approximate surface area is 132 Å². The molecule has 0 aromatic heterocycles. The van der Waals surface area contributed by atoms with Gasteiger partial charge in [-0.15, -0.1) is 0 Å². The molecular formula is C15H28N6O. The molecule has 0 spiro atoms. The Morgan fingerprint density at radius 3 is 1.41 bits per heavy atom. The molecule has 7 heteroatoms. The fraction of sp³-hybridized carbons (Fsp3) is 0.933. The number of likely N-dealkylation sites (tertiary alicyclic amines) is 2. The van der Waals surface area contributed by atoms with Crippen molar-refractivity contribution < 1.29 is 4.79 Å². The molecule has 2 N–H and O–H groups in total. The third kappa shape index (κ3) is 2.82. The van der Waals surface area contributed by atoms with Crippen LogP contribution in [-0.2, 0) is 0 Å². The van der Waals surface area contributed by atoms with Gasteiger partial charge in [-0.1, -0.05) is 0 Å².